The number of rotatable bonds is 5. The topological polar surface area (TPSA) is 86.0 Å². The molecule has 19 heavy (non-hydrogen) atoms. The minimum Gasteiger partial charge on any atom is -0.476 e. The molecule has 0 amide bonds. The Kier molecular flexibility index (Phi) is 4.12. The highest BCUT2D eigenvalue weighted by Gasteiger charge is 2.12. The smallest absolute Gasteiger partial charge is 0.242 e. The summed E-state index contributed by atoms with van der Waals surface area (Å²) in [6.45, 7) is 4.42. The number of ether oxygens (including phenoxy) is 1. The van der Waals surface area contributed by atoms with Gasteiger partial charge >= 0.3 is 0 Å². The van der Waals surface area contributed by atoms with Crippen LogP contribution in [0.25, 0.3) is 0 Å². The van der Waals surface area contributed by atoms with Gasteiger partial charge in [0.15, 0.2) is 5.82 Å². The van der Waals surface area contributed by atoms with Crippen LogP contribution in [0.15, 0.2) is 30.9 Å². The van der Waals surface area contributed by atoms with Crippen LogP contribution in [0.1, 0.15) is 25.5 Å². The monoisotopic (exact) mass is 259 g/mol. The molecule has 0 aliphatic heterocycles. The third-order valence-corrected chi connectivity index (χ3v) is 2.69. The van der Waals surface area contributed by atoms with Crippen molar-refractivity contribution in [3.05, 3.63) is 36.4 Å². The second kappa shape index (κ2) is 5.99. The third-order valence-electron chi connectivity index (χ3n) is 2.69. The first-order valence-electron chi connectivity index (χ1n) is 6.12. The highest BCUT2D eigenvalue weighted by Crippen LogP contribution is 2.27. The third kappa shape index (κ3) is 3.09. The van der Waals surface area contributed by atoms with Crippen LogP contribution in [0, 0.1) is 0 Å². The molecule has 1 unspecified atom stereocenters. The Morgan fingerprint density at radius 3 is 2.74 bits per heavy atom. The van der Waals surface area contributed by atoms with Gasteiger partial charge in [-0.15, -0.1) is 0 Å². The van der Waals surface area contributed by atoms with Crippen molar-refractivity contribution >= 4 is 11.5 Å². The fourth-order valence-electron chi connectivity index (χ4n) is 1.69. The molecule has 0 aliphatic rings. The molecule has 0 radical (unpaired) electrons. The summed E-state index contributed by atoms with van der Waals surface area (Å²) in [7, 11) is 0. The van der Waals surface area contributed by atoms with Gasteiger partial charge in [0.05, 0.1) is 12.6 Å². The van der Waals surface area contributed by atoms with E-state index in [4.69, 9.17) is 10.5 Å². The van der Waals surface area contributed by atoms with Crippen molar-refractivity contribution in [2.45, 2.75) is 19.9 Å². The van der Waals surface area contributed by atoms with E-state index in [0.29, 0.717) is 24.0 Å². The van der Waals surface area contributed by atoms with E-state index in [0.717, 1.165) is 5.56 Å². The van der Waals surface area contributed by atoms with Crippen LogP contribution in [-0.4, -0.2) is 21.6 Å². The fourth-order valence-corrected chi connectivity index (χ4v) is 1.69. The summed E-state index contributed by atoms with van der Waals surface area (Å²) in [6.07, 6.45) is 4.94. The summed E-state index contributed by atoms with van der Waals surface area (Å²) in [4.78, 5) is 12.1. The molecule has 100 valence electrons. The van der Waals surface area contributed by atoms with Crippen molar-refractivity contribution < 1.29 is 4.74 Å². The van der Waals surface area contributed by atoms with Crippen molar-refractivity contribution in [1.29, 1.82) is 0 Å². The molecular formula is C13H17N5O. The number of nitrogens with two attached hydrogens (primary N) is 1. The second-order valence-electron chi connectivity index (χ2n) is 4.02. The number of hydrogen-bond acceptors (Lipinski definition) is 6. The van der Waals surface area contributed by atoms with E-state index >= 15 is 0 Å². The minimum atomic E-state index is 0.0645. The maximum atomic E-state index is 5.97. The maximum absolute atomic E-state index is 5.97. The number of nitrogen functional groups attached to an aromatic ring is 1. The Hall–Kier alpha value is -2.37. The fraction of sp³-hybridized carbons (Fsp3) is 0.308. The van der Waals surface area contributed by atoms with Crippen molar-refractivity contribution in [1.82, 2.24) is 15.0 Å². The van der Waals surface area contributed by atoms with Crippen molar-refractivity contribution in [2.75, 3.05) is 17.7 Å². The van der Waals surface area contributed by atoms with Crippen molar-refractivity contribution in [3.63, 3.8) is 0 Å². The number of aromatic nitrogens is 3. The van der Waals surface area contributed by atoms with E-state index in [1.54, 1.807) is 12.4 Å². The van der Waals surface area contributed by atoms with E-state index in [1.165, 1.54) is 6.33 Å². The van der Waals surface area contributed by atoms with Crippen LogP contribution in [0.2, 0.25) is 0 Å². The van der Waals surface area contributed by atoms with Crippen LogP contribution < -0.4 is 15.8 Å². The summed E-state index contributed by atoms with van der Waals surface area (Å²) < 4.78 is 5.34. The van der Waals surface area contributed by atoms with Gasteiger partial charge in [-0.1, -0.05) is 0 Å². The van der Waals surface area contributed by atoms with Gasteiger partial charge in [-0.3, -0.25) is 4.98 Å². The zero-order valence-electron chi connectivity index (χ0n) is 11.0. The first kappa shape index (κ1) is 13.1. The predicted molar refractivity (Wildman–Crippen MR) is 73.9 cm³/mol. The number of hydrogen-bond donors (Lipinski definition) is 2. The minimum absolute atomic E-state index is 0.0645. The standard InChI is InChI=1S/C13H17N5O/c1-3-19-13-11(14)12(16-8-17-13)18-9(2)10-4-6-15-7-5-10/h4-9H,3,14H2,1-2H3,(H,16,17,18). The molecule has 2 aromatic heterocycles. The van der Waals surface area contributed by atoms with Gasteiger partial charge < -0.3 is 15.8 Å². The lowest BCUT2D eigenvalue weighted by molar-refractivity contribution is 0.328. The van der Waals surface area contributed by atoms with Gasteiger partial charge in [-0.25, -0.2) is 4.98 Å². The summed E-state index contributed by atoms with van der Waals surface area (Å²) in [5, 5.41) is 3.24. The largest absolute Gasteiger partial charge is 0.476 e. The summed E-state index contributed by atoms with van der Waals surface area (Å²) in [5.74, 6) is 0.977. The molecular weight excluding hydrogens is 242 g/mol. The molecule has 0 fully saturated rings. The van der Waals surface area contributed by atoms with Crippen molar-refractivity contribution in [2.24, 2.45) is 0 Å². The van der Waals surface area contributed by atoms with E-state index < -0.39 is 0 Å². The lowest BCUT2D eigenvalue weighted by Gasteiger charge is -2.16. The Labute approximate surface area is 112 Å². The molecule has 0 spiro atoms. The van der Waals surface area contributed by atoms with E-state index in [-0.39, 0.29) is 6.04 Å². The van der Waals surface area contributed by atoms with Crippen LogP contribution >= 0.6 is 0 Å². The van der Waals surface area contributed by atoms with Crippen LogP contribution in [-0.2, 0) is 0 Å². The number of anilines is 2. The zero-order chi connectivity index (χ0) is 13.7. The van der Waals surface area contributed by atoms with Gasteiger partial charge in [0, 0.05) is 12.4 Å². The zero-order valence-corrected chi connectivity index (χ0v) is 11.0. The highest BCUT2D eigenvalue weighted by atomic mass is 16.5. The Balaban J connectivity index is 2.17. The van der Waals surface area contributed by atoms with Gasteiger partial charge in [-0.05, 0) is 31.5 Å². The number of nitrogens with zero attached hydrogens (tertiary/aromatic N) is 3. The average Bonchev–Trinajstić information content (AvgIpc) is 2.44. The molecule has 2 aromatic rings. The number of pyridine rings is 1. The Morgan fingerprint density at radius 2 is 2.05 bits per heavy atom. The Bertz CT molecular complexity index is 532. The van der Waals surface area contributed by atoms with Crippen LogP contribution in [0.3, 0.4) is 0 Å². The van der Waals surface area contributed by atoms with Crippen LogP contribution in [0.5, 0.6) is 5.88 Å². The van der Waals surface area contributed by atoms with E-state index in [9.17, 15) is 0 Å². The van der Waals surface area contributed by atoms with Gasteiger partial charge in [-0.2, -0.15) is 4.98 Å². The predicted octanol–water partition coefficient (Wildman–Crippen LogP) is 2.03. The molecule has 6 nitrogen and oxygen atoms in total. The van der Waals surface area contributed by atoms with E-state index in [2.05, 4.69) is 20.3 Å². The molecule has 0 bridgehead atoms. The van der Waals surface area contributed by atoms with Gasteiger partial charge in [0.25, 0.3) is 0 Å². The number of nitrogens with one attached hydrogen (secondary N) is 1. The molecule has 6 heteroatoms. The molecule has 0 saturated carbocycles. The highest BCUT2D eigenvalue weighted by molar-refractivity contribution is 5.66. The molecule has 0 saturated heterocycles. The van der Waals surface area contributed by atoms with Crippen LogP contribution in [0.4, 0.5) is 11.5 Å². The summed E-state index contributed by atoms with van der Waals surface area (Å²) in [6, 6.07) is 3.95. The average molecular weight is 259 g/mol. The molecule has 1 atom stereocenters. The molecule has 3 N–H and O–H groups in total. The lowest BCUT2D eigenvalue weighted by atomic mass is 10.1. The first-order valence-corrected chi connectivity index (χ1v) is 6.12. The molecule has 0 aliphatic carbocycles. The summed E-state index contributed by atoms with van der Waals surface area (Å²) >= 11 is 0. The lowest BCUT2D eigenvalue weighted by Crippen LogP contribution is -2.11. The van der Waals surface area contributed by atoms with Gasteiger partial charge in [0.1, 0.15) is 12.0 Å². The normalized spacial score (nSPS) is 11.9. The van der Waals surface area contributed by atoms with Gasteiger partial charge in [0.2, 0.25) is 5.88 Å². The maximum Gasteiger partial charge on any atom is 0.242 e. The van der Waals surface area contributed by atoms with E-state index in [1.807, 2.05) is 26.0 Å². The Morgan fingerprint density at radius 1 is 1.32 bits per heavy atom. The second-order valence-corrected chi connectivity index (χ2v) is 4.02. The molecule has 0 aromatic carbocycles. The molecule has 2 rings (SSSR count). The quantitative estimate of drug-likeness (QED) is 0.854. The SMILES string of the molecule is CCOc1ncnc(NC(C)c2ccncc2)c1N. The summed E-state index contributed by atoms with van der Waals surface area (Å²) in [5.41, 5.74) is 7.50. The van der Waals surface area contributed by atoms with Crippen molar-refractivity contribution in [3.8, 4) is 5.88 Å². The molecule has 2 heterocycles. The first-order chi connectivity index (χ1) is 9.22.